The second-order valence-electron chi connectivity index (χ2n) is 4.45. The van der Waals surface area contributed by atoms with E-state index < -0.39 is 0 Å². The summed E-state index contributed by atoms with van der Waals surface area (Å²) in [5, 5.41) is 10.4. The lowest BCUT2D eigenvalue weighted by Crippen LogP contribution is -2.31. The van der Waals surface area contributed by atoms with Gasteiger partial charge >= 0.3 is 0 Å². The van der Waals surface area contributed by atoms with Gasteiger partial charge in [0.1, 0.15) is 0 Å². The van der Waals surface area contributed by atoms with Gasteiger partial charge in [-0.15, -0.1) is 0 Å². The van der Waals surface area contributed by atoms with Crippen molar-refractivity contribution >= 4 is 11.6 Å². The zero-order valence-corrected chi connectivity index (χ0v) is 10.2. The Labute approximate surface area is 100 Å². The van der Waals surface area contributed by atoms with Crippen LogP contribution < -0.4 is 10.5 Å². The summed E-state index contributed by atoms with van der Waals surface area (Å²) in [6.07, 6.45) is 2.05. The number of ether oxygens (including phenoxy) is 1. The van der Waals surface area contributed by atoms with Crippen molar-refractivity contribution in [2.75, 3.05) is 7.11 Å². The van der Waals surface area contributed by atoms with Gasteiger partial charge in [-0.25, -0.2) is 0 Å². The molecule has 1 saturated carbocycles. The molecular formula is C12H16ClNO2. The molecule has 0 aromatic heterocycles. The monoisotopic (exact) mass is 241 g/mol. The molecule has 0 radical (unpaired) electrons. The number of aromatic hydroxyl groups is 1. The Morgan fingerprint density at radius 2 is 2.12 bits per heavy atom. The molecular weight excluding hydrogens is 226 g/mol. The zero-order chi connectivity index (χ0) is 11.9. The van der Waals surface area contributed by atoms with Gasteiger partial charge in [-0.05, 0) is 31.4 Å². The van der Waals surface area contributed by atoms with Crippen LogP contribution in [0.5, 0.6) is 11.5 Å². The molecule has 1 atom stereocenters. The fourth-order valence-corrected chi connectivity index (χ4v) is 2.54. The van der Waals surface area contributed by atoms with E-state index >= 15 is 0 Å². The molecule has 0 saturated heterocycles. The summed E-state index contributed by atoms with van der Waals surface area (Å²) in [5.74, 6) is 0.517. The Morgan fingerprint density at radius 3 is 2.56 bits per heavy atom. The third-order valence-electron chi connectivity index (χ3n) is 3.47. The number of halogens is 1. The van der Waals surface area contributed by atoms with Crippen molar-refractivity contribution in [2.24, 2.45) is 5.73 Å². The lowest BCUT2D eigenvalue weighted by Gasteiger charge is -2.22. The van der Waals surface area contributed by atoms with E-state index in [4.69, 9.17) is 22.1 Å². The molecule has 0 amide bonds. The van der Waals surface area contributed by atoms with Gasteiger partial charge < -0.3 is 15.6 Å². The first-order valence-corrected chi connectivity index (χ1v) is 5.71. The molecule has 1 fully saturated rings. The molecule has 1 unspecified atom stereocenters. The molecule has 0 heterocycles. The van der Waals surface area contributed by atoms with E-state index in [9.17, 15) is 5.11 Å². The lowest BCUT2D eigenvalue weighted by atomic mass is 9.89. The quantitative estimate of drug-likeness (QED) is 0.855. The van der Waals surface area contributed by atoms with E-state index in [1.807, 2.05) is 6.92 Å². The second kappa shape index (κ2) is 3.82. The molecule has 1 aromatic carbocycles. The summed E-state index contributed by atoms with van der Waals surface area (Å²) in [6.45, 7) is 1.98. The van der Waals surface area contributed by atoms with Gasteiger partial charge in [0, 0.05) is 22.5 Å². The Balaban J connectivity index is 2.47. The summed E-state index contributed by atoms with van der Waals surface area (Å²) in [7, 11) is 1.50. The molecule has 1 aromatic rings. The van der Waals surface area contributed by atoms with Gasteiger partial charge in [-0.3, -0.25) is 0 Å². The molecule has 3 N–H and O–H groups in total. The summed E-state index contributed by atoms with van der Waals surface area (Å²) >= 11 is 6.20. The molecule has 88 valence electrons. The van der Waals surface area contributed by atoms with E-state index in [-0.39, 0.29) is 17.2 Å². The average Bonchev–Trinajstić information content (AvgIpc) is 3.01. The van der Waals surface area contributed by atoms with Crippen LogP contribution in [0.1, 0.15) is 25.3 Å². The van der Waals surface area contributed by atoms with E-state index in [0.717, 1.165) is 18.4 Å². The summed E-state index contributed by atoms with van der Waals surface area (Å²) in [4.78, 5) is 0. The largest absolute Gasteiger partial charge is 0.504 e. The highest BCUT2D eigenvalue weighted by Gasteiger charge is 2.48. The predicted octanol–water partition coefficient (Wildman–Crippen LogP) is 2.43. The number of rotatable bonds is 3. The highest BCUT2D eigenvalue weighted by molar-refractivity contribution is 6.31. The Bertz CT molecular complexity index is 414. The summed E-state index contributed by atoms with van der Waals surface area (Å²) in [6, 6.07) is 3.37. The molecule has 4 heteroatoms. The SMILES string of the molecule is COc1cc(Cl)c(C2(C(C)N)CC2)cc1O. The smallest absolute Gasteiger partial charge is 0.161 e. The van der Waals surface area contributed by atoms with Crippen LogP contribution in [0.4, 0.5) is 0 Å². The van der Waals surface area contributed by atoms with Crippen LogP contribution >= 0.6 is 11.6 Å². The highest BCUT2D eigenvalue weighted by atomic mass is 35.5. The first-order chi connectivity index (χ1) is 7.51. The standard InChI is InChI=1S/C12H16ClNO2/c1-7(14)12(3-4-12)8-5-10(15)11(16-2)6-9(8)13/h5-7,15H,3-4,14H2,1-2H3. The zero-order valence-electron chi connectivity index (χ0n) is 9.46. The molecule has 0 bridgehead atoms. The lowest BCUT2D eigenvalue weighted by molar-refractivity contribution is 0.372. The maximum absolute atomic E-state index is 9.76. The first kappa shape index (κ1) is 11.6. The van der Waals surface area contributed by atoms with Crippen LogP contribution in [-0.2, 0) is 5.41 Å². The number of phenols is 1. The van der Waals surface area contributed by atoms with Crippen molar-refractivity contribution in [1.82, 2.24) is 0 Å². The van der Waals surface area contributed by atoms with Crippen molar-refractivity contribution in [3.05, 3.63) is 22.7 Å². The van der Waals surface area contributed by atoms with Crippen LogP contribution in [0.2, 0.25) is 5.02 Å². The van der Waals surface area contributed by atoms with Crippen molar-refractivity contribution < 1.29 is 9.84 Å². The molecule has 1 aliphatic rings. The van der Waals surface area contributed by atoms with Gasteiger partial charge in [0.2, 0.25) is 0 Å². The number of benzene rings is 1. The van der Waals surface area contributed by atoms with E-state index in [1.165, 1.54) is 7.11 Å². The Kier molecular flexibility index (Phi) is 2.76. The minimum Gasteiger partial charge on any atom is -0.504 e. The molecule has 16 heavy (non-hydrogen) atoms. The van der Waals surface area contributed by atoms with Gasteiger partial charge in [0.05, 0.1) is 7.11 Å². The maximum Gasteiger partial charge on any atom is 0.161 e. The number of methoxy groups -OCH3 is 1. The molecule has 2 rings (SSSR count). The van der Waals surface area contributed by atoms with Gasteiger partial charge in [0.15, 0.2) is 11.5 Å². The third-order valence-corrected chi connectivity index (χ3v) is 3.78. The number of nitrogens with two attached hydrogens (primary N) is 1. The Morgan fingerprint density at radius 1 is 1.50 bits per heavy atom. The van der Waals surface area contributed by atoms with E-state index in [0.29, 0.717) is 10.8 Å². The van der Waals surface area contributed by atoms with E-state index in [2.05, 4.69) is 0 Å². The summed E-state index contributed by atoms with van der Waals surface area (Å²) in [5.41, 5.74) is 6.86. The van der Waals surface area contributed by atoms with Gasteiger partial charge in [0.25, 0.3) is 0 Å². The normalized spacial score (nSPS) is 19.2. The van der Waals surface area contributed by atoms with Crippen LogP contribution in [-0.4, -0.2) is 18.3 Å². The van der Waals surface area contributed by atoms with Crippen LogP contribution in [0.25, 0.3) is 0 Å². The number of phenolic OH excluding ortho intramolecular Hbond substituents is 1. The molecule has 1 aliphatic carbocycles. The third kappa shape index (κ3) is 1.64. The fraction of sp³-hybridized carbons (Fsp3) is 0.500. The first-order valence-electron chi connectivity index (χ1n) is 5.34. The minimum atomic E-state index is -0.0547. The van der Waals surface area contributed by atoms with Crippen molar-refractivity contribution in [3.63, 3.8) is 0 Å². The molecule has 0 aliphatic heterocycles. The van der Waals surface area contributed by atoms with Crippen LogP contribution in [0.3, 0.4) is 0 Å². The van der Waals surface area contributed by atoms with Crippen molar-refractivity contribution in [2.45, 2.75) is 31.2 Å². The van der Waals surface area contributed by atoms with Gasteiger partial charge in [-0.1, -0.05) is 11.6 Å². The fourth-order valence-electron chi connectivity index (χ4n) is 2.19. The molecule has 0 spiro atoms. The maximum atomic E-state index is 9.76. The average molecular weight is 242 g/mol. The van der Waals surface area contributed by atoms with Gasteiger partial charge in [-0.2, -0.15) is 0 Å². The van der Waals surface area contributed by atoms with Crippen LogP contribution in [0, 0.1) is 0 Å². The van der Waals surface area contributed by atoms with Crippen molar-refractivity contribution in [3.8, 4) is 11.5 Å². The predicted molar refractivity (Wildman–Crippen MR) is 64.2 cm³/mol. The highest BCUT2D eigenvalue weighted by Crippen LogP contribution is 2.54. The van der Waals surface area contributed by atoms with Crippen molar-refractivity contribution in [1.29, 1.82) is 0 Å². The second-order valence-corrected chi connectivity index (χ2v) is 4.86. The summed E-state index contributed by atoms with van der Waals surface area (Å²) < 4.78 is 5.01. The Hall–Kier alpha value is -0.930. The number of hydrogen-bond acceptors (Lipinski definition) is 3. The molecule has 3 nitrogen and oxygen atoms in total. The topological polar surface area (TPSA) is 55.5 Å². The van der Waals surface area contributed by atoms with Crippen LogP contribution in [0.15, 0.2) is 12.1 Å². The van der Waals surface area contributed by atoms with E-state index in [1.54, 1.807) is 12.1 Å². The minimum absolute atomic E-state index is 0.0396. The number of hydrogen-bond donors (Lipinski definition) is 2.